The molecule has 0 saturated carbocycles. The summed E-state index contributed by atoms with van der Waals surface area (Å²) in [4.78, 5) is 16.5. The van der Waals surface area contributed by atoms with E-state index in [-0.39, 0.29) is 0 Å². The summed E-state index contributed by atoms with van der Waals surface area (Å²) in [6, 6.07) is 10.7. The fraction of sp³-hybridized carbons (Fsp3) is 0.409. The third kappa shape index (κ3) is 3.93. The third-order valence-electron chi connectivity index (χ3n) is 5.26. The Hall–Kier alpha value is -2.53. The molecule has 5 nitrogen and oxygen atoms in total. The molecule has 1 saturated heterocycles. The average Bonchev–Trinajstić information content (AvgIpc) is 3.19. The molecule has 0 spiro atoms. The van der Waals surface area contributed by atoms with Gasteiger partial charge in [-0.2, -0.15) is 0 Å². The van der Waals surface area contributed by atoms with E-state index in [0.29, 0.717) is 11.8 Å². The molecule has 3 heterocycles. The van der Waals surface area contributed by atoms with Gasteiger partial charge in [-0.05, 0) is 24.9 Å². The molecule has 0 aliphatic carbocycles. The number of hydrogen-bond acceptors (Lipinski definition) is 4. The normalized spacial score (nSPS) is 18.1. The van der Waals surface area contributed by atoms with Gasteiger partial charge < -0.3 is 0 Å². The smallest absolute Gasteiger partial charge is 0.160 e. The second kappa shape index (κ2) is 8.01. The maximum atomic E-state index is 4.76. The number of rotatable bonds is 5. The van der Waals surface area contributed by atoms with Gasteiger partial charge in [0.1, 0.15) is 5.82 Å². The molecule has 27 heavy (non-hydrogen) atoms. The summed E-state index contributed by atoms with van der Waals surface area (Å²) < 4.78 is 2.11. The van der Waals surface area contributed by atoms with Crippen molar-refractivity contribution >= 4 is 0 Å². The molecule has 0 amide bonds. The Kier molecular flexibility index (Phi) is 5.30. The summed E-state index contributed by atoms with van der Waals surface area (Å²) in [5.41, 5.74) is 2.46. The summed E-state index contributed by atoms with van der Waals surface area (Å²) in [5, 5.41) is 0. The van der Waals surface area contributed by atoms with E-state index >= 15 is 0 Å². The van der Waals surface area contributed by atoms with Crippen molar-refractivity contribution in [3.05, 3.63) is 72.2 Å². The predicted molar refractivity (Wildman–Crippen MR) is 107 cm³/mol. The van der Waals surface area contributed by atoms with E-state index in [2.05, 4.69) is 58.6 Å². The molecule has 0 bridgehead atoms. The van der Waals surface area contributed by atoms with E-state index in [4.69, 9.17) is 9.97 Å². The zero-order valence-corrected chi connectivity index (χ0v) is 16.1. The standard InChI is InChI=1S/C22H27N5/c1-17(2)21-25-12-14-27(21)22-20(23-10-11-24-22)19-9-6-13-26(16-19)15-18-7-4-3-5-8-18/h3-5,7-8,10-12,14,17,19H,6,9,13,15-16H2,1-2H3. The monoisotopic (exact) mass is 361 g/mol. The average molecular weight is 361 g/mol. The van der Waals surface area contributed by atoms with Crippen LogP contribution in [0.4, 0.5) is 0 Å². The molecule has 1 atom stereocenters. The van der Waals surface area contributed by atoms with Crippen molar-refractivity contribution in [3.8, 4) is 5.82 Å². The molecule has 2 aromatic heterocycles. The minimum Gasteiger partial charge on any atom is -0.298 e. The Morgan fingerprint density at radius 1 is 1.04 bits per heavy atom. The Labute approximate surface area is 161 Å². The number of hydrogen-bond donors (Lipinski definition) is 0. The molecule has 140 valence electrons. The maximum absolute atomic E-state index is 4.76. The van der Waals surface area contributed by atoms with Gasteiger partial charge in [0.25, 0.3) is 0 Å². The molecule has 0 radical (unpaired) electrons. The van der Waals surface area contributed by atoms with Crippen LogP contribution in [0.25, 0.3) is 5.82 Å². The molecule has 0 N–H and O–H groups in total. The lowest BCUT2D eigenvalue weighted by Gasteiger charge is -2.33. The molecule has 1 unspecified atom stereocenters. The van der Waals surface area contributed by atoms with Crippen LogP contribution in [-0.2, 0) is 6.54 Å². The van der Waals surface area contributed by atoms with Crippen molar-refractivity contribution < 1.29 is 0 Å². The second-order valence-corrected chi connectivity index (χ2v) is 7.64. The highest BCUT2D eigenvalue weighted by molar-refractivity contribution is 5.33. The Balaban J connectivity index is 1.59. The first-order valence-electron chi connectivity index (χ1n) is 9.83. The quantitative estimate of drug-likeness (QED) is 0.684. The molecule has 1 fully saturated rings. The molecule has 1 aromatic carbocycles. The largest absolute Gasteiger partial charge is 0.298 e. The van der Waals surface area contributed by atoms with Gasteiger partial charge in [-0.1, -0.05) is 44.2 Å². The van der Waals surface area contributed by atoms with E-state index in [0.717, 1.165) is 43.4 Å². The predicted octanol–water partition coefficient (Wildman–Crippen LogP) is 4.17. The first-order valence-corrected chi connectivity index (χ1v) is 9.83. The van der Waals surface area contributed by atoms with E-state index in [1.54, 1.807) is 6.20 Å². The molecule has 5 heteroatoms. The van der Waals surface area contributed by atoms with Crippen molar-refractivity contribution in [1.29, 1.82) is 0 Å². The first-order chi connectivity index (χ1) is 13.2. The van der Waals surface area contributed by atoms with Crippen LogP contribution in [0.15, 0.2) is 55.1 Å². The molecule has 3 aromatic rings. The van der Waals surface area contributed by atoms with Gasteiger partial charge in [0.15, 0.2) is 5.82 Å². The van der Waals surface area contributed by atoms with Crippen LogP contribution in [0, 0.1) is 0 Å². The van der Waals surface area contributed by atoms with Gasteiger partial charge in [-0.15, -0.1) is 0 Å². The zero-order chi connectivity index (χ0) is 18.6. The number of aromatic nitrogens is 4. The second-order valence-electron chi connectivity index (χ2n) is 7.64. The van der Waals surface area contributed by atoms with Crippen molar-refractivity contribution in [2.75, 3.05) is 13.1 Å². The van der Waals surface area contributed by atoms with E-state index in [1.165, 1.54) is 12.0 Å². The highest BCUT2D eigenvalue weighted by Gasteiger charge is 2.26. The third-order valence-corrected chi connectivity index (χ3v) is 5.26. The van der Waals surface area contributed by atoms with E-state index in [9.17, 15) is 0 Å². The number of nitrogens with zero attached hydrogens (tertiary/aromatic N) is 5. The molecular weight excluding hydrogens is 334 g/mol. The fourth-order valence-corrected chi connectivity index (χ4v) is 4.00. The SMILES string of the molecule is CC(C)c1nccn1-c1nccnc1C1CCCN(Cc2ccccc2)C1. The Morgan fingerprint density at radius 3 is 2.67 bits per heavy atom. The van der Waals surface area contributed by atoms with Gasteiger partial charge in [-0.25, -0.2) is 9.97 Å². The van der Waals surface area contributed by atoms with Crippen molar-refractivity contribution in [2.45, 2.75) is 45.1 Å². The van der Waals surface area contributed by atoms with Crippen LogP contribution in [0.2, 0.25) is 0 Å². The van der Waals surface area contributed by atoms with Crippen LogP contribution in [0.1, 0.15) is 55.6 Å². The van der Waals surface area contributed by atoms with Crippen molar-refractivity contribution in [3.63, 3.8) is 0 Å². The van der Waals surface area contributed by atoms with Crippen LogP contribution in [0.3, 0.4) is 0 Å². The molecule has 1 aliphatic rings. The van der Waals surface area contributed by atoms with E-state index in [1.807, 2.05) is 18.6 Å². The van der Waals surface area contributed by atoms with Crippen molar-refractivity contribution in [2.24, 2.45) is 0 Å². The summed E-state index contributed by atoms with van der Waals surface area (Å²) in [7, 11) is 0. The summed E-state index contributed by atoms with van der Waals surface area (Å²) in [6.45, 7) is 7.49. The molecule has 4 rings (SSSR count). The maximum Gasteiger partial charge on any atom is 0.160 e. The summed E-state index contributed by atoms with van der Waals surface area (Å²) in [5.74, 6) is 2.71. The molecular formula is C22H27N5. The number of benzene rings is 1. The highest BCUT2D eigenvalue weighted by atomic mass is 15.2. The zero-order valence-electron chi connectivity index (χ0n) is 16.1. The fourth-order valence-electron chi connectivity index (χ4n) is 4.00. The van der Waals surface area contributed by atoms with Gasteiger partial charge in [-0.3, -0.25) is 14.5 Å². The van der Waals surface area contributed by atoms with Gasteiger partial charge in [0.05, 0.1) is 5.69 Å². The lowest BCUT2D eigenvalue weighted by Crippen LogP contribution is -2.34. The van der Waals surface area contributed by atoms with Crippen LogP contribution in [0.5, 0.6) is 0 Å². The van der Waals surface area contributed by atoms with Crippen LogP contribution in [-0.4, -0.2) is 37.5 Å². The van der Waals surface area contributed by atoms with Crippen molar-refractivity contribution in [1.82, 2.24) is 24.4 Å². The van der Waals surface area contributed by atoms with Gasteiger partial charge in [0, 0.05) is 49.7 Å². The number of likely N-dealkylation sites (tertiary alicyclic amines) is 1. The lowest BCUT2D eigenvalue weighted by molar-refractivity contribution is 0.198. The van der Waals surface area contributed by atoms with Crippen LogP contribution < -0.4 is 0 Å². The minimum absolute atomic E-state index is 0.343. The van der Waals surface area contributed by atoms with Gasteiger partial charge >= 0.3 is 0 Å². The first kappa shape index (κ1) is 17.9. The highest BCUT2D eigenvalue weighted by Crippen LogP contribution is 2.30. The lowest BCUT2D eigenvalue weighted by atomic mass is 9.93. The van der Waals surface area contributed by atoms with Crippen LogP contribution >= 0.6 is 0 Å². The number of imidazole rings is 1. The topological polar surface area (TPSA) is 46.8 Å². The number of piperidine rings is 1. The summed E-state index contributed by atoms with van der Waals surface area (Å²) >= 11 is 0. The van der Waals surface area contributed by atoms with E-state index < -0.39 is 0 Å². The Morgan fingerprint density at radius 2 is 1.85 bits per heavy atom. The minimum atomic E-state index is 0.343. The Bertz CT molecular complexity index is 871. The molecule has 1 aliphatic heterocycles. The van der Waals surface area contributed by atoms with Gasteiger partial charge in [0.2, 0.25) is 0 Å². The summed E-state index contributed by atoms with van der Waals surface area (Å²) in [6.07, 6.45) is 9.81.